The highest BCUT2D eigenvalue weighted by Gasteiger charge is 2.13. The van der Waals surface area contributed by atoms with E-state index in [0.717, 1.165) is 17.3 Å². The quantitative estimate of drug-likeness (QED) is 0.753. The van der Waals surface area contributed by atoms with Crippen LogP contribution in [0.1, 0.15) is 0 Å². The summed E-state index contributed by atoms with van der Waals surface area (Å²) in [6.07, 6.45) is 0. The summed E-state index contributed by atoms with van der Waals surface area (Å²) in [6.45, 7) is 0. The molecule has 86 valence electrons. The number of benzene rings is 1. The van der Waals surface area contributed by atoms with Gasteiger partial charge < -0.3 is 5.32 Å². The molecule has 3 aromatic rings. The summed E-state index contributed by atoms with van der Waals surface area (Å²) in [5.41, 5.74) is 1.14. The molecule has 0 aliphatic heterocycles. The van der Waals surface area contributed by atoms with Gasteiger partial charge in [-0.15, -0.1) is 21.5 Å². The fraction of sp³-hybridized carbons (Fsp3) is 0.167. The molecule has 2 heterocycles. The van der Waals surface area contributed by atoms with Crippen molar-refractivity contribution in [2.24, 2.45) is 7.05 Å². The third kappa shape index (κ3) is 1.51. The SMILES string of the molecule is CNc1nnc(-c2csc3ccccc23)n1C. The molecular weight excluding hydrogens is 232 g/mol. The number of hydrogen-bond acceptors (Lipinski definition) is 4. The maximum Gasteiger partial charge on any atom is 0.224 e. The number of thiophene rings is 1. The number of nitrogens with zero attached hydrogens (tertiary/aromatic N) is 3. The van der Waals surface area contributed by atoms with Gasteiger partial charge in [0.1, 0.15) is 0 Å². The second-order valence-electron chi connectivity index (χ2n) is 3.80. The van der Waals surface area contributed by atoms with Crippen LogP contribution in [-0.2, 0) is 7.05 Å². The van der Waals surface area contributed by atoms with E-state index in [9.17, 15) is 0 Å². The fourth-order valence-electron chi connectivity index (χ4n) is 1.93. The van der Waals surface area contributed by atoms with Crippen LogP contribution in [0.2, 0.25) is 0 Å². The normalized spacial score (nSPS) is 10.9. The van der Waals surface area contributed by atoms with Crippen molar-refractivity contribution in [2.75, 3.05) is 12.4 Å². The van der Waals surface area contributed by atoms with E-state index >= 15 is 0 Å². The lowest BCUT2D eigenvalue weighted by atomic mass is 10.2. The second-order valence-corrected chi connectivity index (χ2v) is 4.71. The number of aromatic nitrogens is 3. The van der Waals surface area contributed by atoms with Gasteiger partial charge in [0, 0.05) is 35.1 Å². The van der Waals surface area contributed by atoms with Crippen LogP contribution in [-0.4, -0.2) is 21.8 Å². The van der Waals surface area contributed by atoms with Gasteiger partial charge in [-0.1, -0.05) is 18.2 Å². The second kappa shape index (κ2) is 3.85. The largest absolute Gasteiger partial charge is 0.357 e. The third-order valence-electron chi connectivity index (χ3n) is 2.82. The first-order valence-corrected chi connectivity index (χ1v) is 6.23. The minimum atomic E-state index is 0.773. The molecule has 0 saturated heterocycles. The highest BCUT2D eigenvalue weighted by molar-refractivity contribution is 7.17. The molecule has 0 atom stereocenters. The molecule has 0 amide bonds. The van der Waals surface area contributed by atoms with Crippen molar-refractivity contribution in [1.29, 1.82) is 0 Å². The first-order chi connectivity index (χ1) is 8.31. The number of rotatable bonds is 2. The molecule has 1 aromatic carbocycles. The van der Waals surface area contributed by atoms with Crippen LogP contribution < -0.4 is 5.32 Å². The van der Waals surface area contributed by atoms with E-state index in [1.807, 2.05) is 24.7 Å². The molecule has 0 unspecified atom stereocenters. The standard InChI is InChI=1S/C12H12N4S/c1-13-12-15-14-11(16(12)2)9-7-17-10-6-4-3-5-8(9)10/h3-7H,1-2H3,(H,13,15). The number of fused-ring (bicyclic) bond motifs is 1. The smallest absolute Gasteiger partial charge is 0.224 e. The van der Waals surface area contributed by atoms with Crippen molar-refractivity contribution in [3.05, 3.63) is 29.6 Å². The highest BCUT2D eigenvalue weighted by atomic mass is 32.1. The van der Waals surface area contributed by atoms with Gasteiger partial charge in [0.2, 0.25) is 5.95 Å². The summed E-state index contributed by atoms with van der Waals surface area (Å²) in [6, 6.07) is 8.35. The molecule has 2 aromatic heterocycles. The Balaban J connectivity index is 2.24. The molecule has 0 aliphatic rings. The van der Waals surface area contributed by atoms with Crippen LogP contribution in [0.25, 0.3) is 21.5 Å². The maximum absolute atomic E-state index is 4.24. The molecule has 0 spiro atoms. The number of anilines is 1. The molecule has 3 rings (SSSR count). The first-order valence-electron chi connectivity index (χ1n) is 5.35. The third-order valence-corrected chi connectivity index (χ3v) is 3.78. The number of nitrogens with one attached hydrogen (secondary N) is 1. The van der Waals surface area contributed by atoms with Crippen molar-refractivity contribution in [3.8, 4) is 11.4 Å². The van der Waals surface area contributed by atoms with Gasteiger partial charge in [-0.3, -0.25) is 4.57 Å². The van der Waals surface area contributed by atoms with E-state index in [1.165, 1.54) is 10.1 Å². The van der Waals surface area contributed by atoms with Gasteiger partial charge in [0.15, 0.2) is 5.82 Å². The van der Waals surface area contributed by atoms with E-state index < -0.39 is 0 Å². The summed E-state index contributed by atoms with van der Waals surface area (Å²) in [5, 5.41) is 14.7. The van der Waals surface area contributed by atoms with Gasteiger partial charge in [-0.25, -0.2) is 0 Å². The molecule has 0 saturated carbocycles. The van der Waals surface area contributed by atoms with Gasteiger partial charge in [-0.2, -0.15) is 0 Å². The lowest BCUT2D eigenvalue weighted by molar-refractivity contribution is 0.926. The van der Waals surface area contributed by atoms with Crippen molar-refractivity contribution >= 4 is 27.4 Å². The van der Waals surface area contributed by atoms with Gasteiger partial charge >= 0.3 is 0 Å². The zero-order valence-electron chi connectivity index (χ0n) is 9.64. The molecule has 0 fully saturated rings. The predicted octanol–water partition coefficient (Wildman–Crippen LogP) is 2.74. The van der Waals surface area contributed by atoms with Crippen molar-refractivity contribution in [1.82, 2.24) is 14.8 Å². The Bertz CT molecular complexity index is 668. The predicted molar refractivity (Wildman–Crippen MR) is 71.4 cm³/mol. The van der Waals surface area contributed by atoms with Crippen molar-refractivity contribution in [3.63, 3.8) is 0 Å². The Morgan fingerprint density at radius 3 is 2.82 bits per heavy atom. The van der Waals surface area contributed by atoms with Crippen LogP contribution in [0.5, 0.6) is 0 Å². The van der Waals surface area contributed by atoms with E-state index in [-0.39, 0.29) is 0 Å². The molecule has 0 aliphatic carbocycles. The minimum Gasteiger partial charge on any atom is -0.357 e. The zero-order chi connectivity index (χ0) is 11.8. The Kier molecular flexibility index (Phi) is 2.33. The van der Waals surface area contributed by atoms with E-state index in [4.69, 9.17) is 0 Å². The first kappa shape index (κ1) is 10.3. The van der Waals surface area contributed by atoms with Crippen LogP contribution in [0.15, 0.2) is 29.6 Å². The van der Waals surface area contributed by atoms with Crippen LogP contribution in [0.3, 0.4) is 0 Å². The topological polar surface area (TPSA) is 42.7 Å². The summed E-state index contributed by atoms with van der Waals surface area (Å²) < 4.78 is 3.24. The van der Waals surface area contributed by atoms with Crippen molar-refractivity contribution in [2.45, 2.75) is 0 Å². The van der Waals surface area contributed by atoms with Crippen molar-refractivity contribution < 1.29 is 0 Å². The summed E-state index contributed by atoms with van der Waals surface area (Å²) >= 11 is 1.73. The molecule has 5 heteroatoms. The average molecular weight is 244 g/mol. The molecule has 1 N–H and O–H groups in total. The van der Waals surface area contributed by atoms with Crippen LogP contribution in [0.4, 0.5) is 5.95 Å². The fourth-order valence-corrected chi connectivity index (χ4v) is 2.87. The Morgan fingerprint density at radius 2 is 2.06 bits per heavy atom. The molecule has 4 nitrogen and oxygen atoms in total. The number of hydrogen-bond donors (Lipinski definition) is 1. The molecular formula is C12H12N4S. The minimum absolute atomic E-state index is 0.773. The Labute approximate surface area is 103 Å². The lowest BCUT2D eigenvalue weighted by Gasteiger charge is -2.01. The Morgan fingerprint density at radius 1 is 1.24 bits per heavy atom. The van der Waals surface area contributed by atoms with Crippen LogP contribution >= 0.6 is 11.3 Å². The Hall–Kier alpha value is -1.88. The maximum atomic E-state index is 4.24. The zero-order valence-corrected chi connectivity index (χ0v) is 10.5. The van der Waals surface area contributed by atoms with E-state index in [2.05, 4.69) is 39.1 Å². The molecule has 0 bridgehead atoms. The molecule has 17 heavy (non-hydrogen) atoms. The summed E-state index contributed by atoms with van der Waals surface area (Å²) in [4.78, 5) is 0. The van der Waals surface area contributed by atoms with Crippen LogP contribution in [0, 0.1) is 0 Å². The van der Waals surface area contributed by atoms with E-state index in [0.29, 0.717) is 0 Å². The lowest BCUT2D eigenvalue weighted by Crippen LogP contribution is -1.99. The van der Waals surface area contributed by atoms with Gasteiger partial charge in [0.05, 0.1) is 0 Å². The monoisotopic (exact) mass is 244 g/mol. The van der Waals surface area contributed by atoms with Gasteiger partial charge in [-0.05, 0) is 6.07 Å². The summed E-state index contributed by atoms with van der Waals surface area (Å²) in [7, 11) is 3.81. The summed E-state index contributed by atoms with van der Waals surface area (Å²) in [5.74, 6) is 1.67. The van der Waals surface area contributed by atoms with E-state index in [1.54, 1.807) is 11.3 Å². The molecule has 0 radical (unpaired) electrons. The van der Waals surface area contributed by atoms with Gasteiger partial charge in [0.25, 0.3) is 0 Å². The highest BCUT2D eigenvalue weighted by Crippen LogP contribution is 2.33. The average Bonchev–Trinajstić information content (AvgIpc) is 2.92.